The summed E-state index contributed by atoms with van der Waals surface area (Å²) in [5.74, 6) is 1.15. The highest BCUT2D eigenvalue weighted by molar-refractivity contribution is 5.94. The maximum Gasteiger partial charge on any atom is 0.255 e. The summed E-state index contributed by atoms with van der Waals surface area (Å²) >= 11 is 0. The summed E-state index contributed by atoms with van der Waals surface area (Å²) in [6.45, 7) is 2.27. The van der Waals surface area contributed by atoms with E-state index in [1.807, 2.05) is 49.4 Å². The number of carbonyl (C=O) groups is 1. The van der Waals surface area contributed by atoms with Gasteiger partial charge >= 0.3 is 0 Å². The third-order valence-electron chi connectivity index (χ3n) is 3.75. The zero-order valence-electron chi connectivity index (χ0n) is 13.8. The van der Waals surface area contributed by atoms with Crippen LogP contribution in [0.3, 0.4) is 0 Å². The Bertz CT molecular complexity index is 894. The van der Waals surface area contributed by atoms with Crippen LogP contribution in [-0.2, 0) is 6.54 Å². The molecule has 124 valence electrons. The largest absolute Gasteiger partial charge is 0.321 e. The smallest absolute Gasteiger partial charge is 0.255 e. The molecule has 6 nitrogen and oxygen atoms in total. The molecule has 0 spiro atoms. The van der Waals surface area contributed by atoms with E-state index in [0.717, 1.165) is 17.0 Å². The lowest BCUT2D eigenvalue weighted by atomic mass is 10.1. The summed E-state index contributed by atoms with van der Waals surface area (Å²) < 4.78 is 0. The number of hydrogen-bond donors (Lipinski definition) is 1. The zero-order valence-corrected chi connectivity index (χ0v) is 13.8. The highest BCUT2D eigenvalue weighted by Crippen LogP contribution is 2.17. The van der Waals surface area contributed by atoms with Crippen molar-refractivity contribution < 1.29 is 4.79 Å². The summed E-state index contributed by atoms with van der Waals surface area (Å²) in [5.41, 5.74) is 2.34. The Labute approximate surface area is 145 Å². The molecule has 0 aliphatic carbocycles. The van der Waals surface area contributed by atoms with Gasteiger partial charge in [0.1, 0.15) is 12.4 Å². The predicted molar refractivity (Wildman–Crippen MR) is 93.4 cm³/mol. The van der Waals surface area contributed by atoms with Gasteiger partial charge in [-0.15, -0.1) is 0 Å². The number of aromatic amines is 1. The van der Waals surface area contributed by atoms with Gasteiger partial charge in [-0.25, -0.2) is 4.98 Å². The van der Waals surface area contributed by atoms with Crippen molar-refractivity contribution in [2.24, 2.45) is 0 Å². The fourth-order valence-electron chi connectivity index (χ4n) is 2.50. The fourth-order valence-corrected chi connectivity index (χ4v) is 2.50. The van der Waals surface area contributed by atoms with Gasteiger partial charge < -0.3 is 4.90 Å². The number of nitriles is 1. The number of aryl methyl sites for hydroxylation is 1. The standard InChI is InChI=1S/C19H17N5O/c1-14-21-18(23-22-14)16-7-9-17(10-8-16)19(25)24(12-11-20)13-15-5-3-2-4-6-15/h2-10H,12-13H2,1H3,(H,21,22,23). The monoisotopic (exact) mass is 331 g/mol. The molecule has 6 heteroatoms. The zero-order chi connectivity index (χ0) is 17.6. The van der Waals surface area contributed by atoms with E-state index in [4.69, 9.17) is 5.26 Å². The van der Waals surface area contributed by atoms with Crippen LogP contribution in [0.4, 0.5) is 0 Å². The van der Waals surface area contributed by atoms with Gasteiger partial charge in [0.05, 0.1) is 6.07 Å². The van der Waals surface area contributed by atoms with Gasteiger partial charge in [0, 0.05) is 17.7 Å². The third kappa shape index (κ3) is 3.90. The van der Waals surface area contributed by atoms with Crippen molar-refractivity contribution in [3.8, 4) is 17.5 Å². The Kier molecular flexibility index (Phi) is 4.86. The number of nitrogens with one attached hydrogen (secondary N) is 1. The van der Waals surface area contributed by atoms with Gasteiger partial charge in [-0.1, -0.05) is 42.5 Å². The lowest BCUT2D eigenvalue weighted by Crippen LogP contribution is -2.30. The van der Waals surface area contributed by atoms with E-state index >= 15 is 0 Å². The first kappa shape index (κ1) is 16.4. The highest BCUT2D eigenvalue weighted by atomic mass is 16.2. The van der Waals surface area contributed by atoms with E-state index in [0.29, 0.717) is 17.9 Å². The molecule has 2 aromatic carbocycles. The maximum absolute atomic E-state index is 12.7. The number of H-pyrrole nitrogens is 1. The quantitative estimate of drug-likeness (QED) is 0.728. The molecule has 0 unspecified atom stereocenters. The minimum atomic E-state index is -0.178. The first-order valence-electron chi connectivity index (χ1n) is 7.87. The number of rotatable bonds is 5. The SMILES string of the molecule is Cc1nc(-c2ccc(C(=O)N(CC#N)Cc3ccccc3)cc2)n[nH]1. The van der Waals surface area contributed by atoms with Gasteiger partial charge in [-0.3, -0.25) is 9.89 Å². The number of benzene rings is 2. The number of aromatic nitrogens is 3. The van der Waals surface area contributed by atoms with Gasteiger partial charge in [0.15, 0.2) is 5.82 Å². The lowest BCUT2D eigenvalue weighted by Gasteiger charge is -2.20. The summed E-state index contributed by atoms with van der Waals surface area (Å²) in [4.78, 5) is 18.5. The molecule has 0 saturated carbocycles. The van der Waals surface area contributed by atoms with Crippen molar-refractivity contribution in [1.29, 1.82) is 5.26 Å². The molecular formula is C19H17N5O. The molecule has 25 heavy (non-hydrogen) atoms. The van der Waals surface area contributed by atoms with E-state index < -0.39 is 0 Å². The van der Waals surface area contributed by atoms with Crippen LogP contribution in [-0.4, -0.2) is 32.5 Å². The first-order valence-corrected chi connectivity index (χ1v) is 7.87. The second-order valence-electron chi connectivity index (χ2n) is 5.63. The van der Waals surface area contributed by atoms with E-state index in [1.165, 1.54) is 4.90 Å². The van der Waals surface area contributed by atoms with Crippen molar-refractivity contribution in [3.63, 3.8) is 0 Å². The van der Waals surface area contributed by atoms with Gasteiger partial charge in [0.25, 0.3) is 5.91 Å². The highest BCUT2D eigenvalue weighted by Gasteiger charge is 2.16. The Morgan fingerprint density at radius 1 is 1.16 bits per heavy atom. The van der Waals surface area contributed by atoms with Gasteiger partial charge in [0.2, 0.25) is 0 Å². The molecule has 1 amide bonds. The van der Waals surface area contributed by atoms with Crippen molar-refractivity contribution in [1.82, 2.24) is 20.1 Å². The molecule has 0 bridgehead atoms. The second-order valence-corrected chi connectivity index (χ2v) is 5.63. The molecule has 0 fully saturated rings. The van der Waals surface area contributed by atoms with Gasteiger partial charge in [-0.05, 0) is 24.6 Å². The third-order valence-corrected chi connectivity index (χ3v) is 3.75. The molecule has 1 heterocycles. The van der Waals surface area contributed by atoms with Crippen LogP contribution < -0.4 is 0 Å². The average molecular weight is 331 g/mol. The Balaban J connectivity index is 1.78. The molecule has 1 N–H and O–H groups in total. The molecule has 3 aromatic rings. The predicted octanol–water partition coefficient (Wildman–Crippen LogP) is 2.95. The normalized spacial score (nSPS) is 10.2. The number of carbonyl (C=O) groups excluding carboxylic acids is 1. The summed E-state index contributed by atoms with van der Waals surface area (Å²) in [6, 6.07) is 18.8. The summed E-state index contributed by atoms with van der Waals surface area (Å²) in [7, 11) is 0. The van der Waals surface area contributed by atoms with Crippen LogP contribution in [0.5, 0.6) is 0 Å². The molecule has 0 radical (unpaired) electrons. The Morgan fingerprint density at radius 2 is 1.88 bits per heavy atom. The molecule has 0 saturated heterocycles. The lowest BCUT2D eigenvalue weighted by molar-refractivity contribution is 0.0765. The van der Waals surface area contributed by atoms with Crippen molar-refractivity contribution in [3.05, 3.63) is 71.5 Å². The molecule has 0 aliphatic heterocycles. The Hall–Kier alpha value is -3.46. The Morgan fingerprint density at radius 3 is 2.48 bits per heavy atom. The maximum atomic E-state index is 12.7. The van der Waals surface area contributed by atoms with Crippen LogP contribution in [0.1, 0.15) is 21.7 Å². The topological polar surface area (TPSA) is 85.7 Å². The average Bonchev–Trinajstić information content (AvgIpc) is 3.08. The number of amides is 1. The molecular weight excluding hydrogens is 314 g/mol. The van der Waals surface area contributed by atoms with Crippen molar-refractivity contribution in [2.75, 3.05) is 6.54 Å². The summed E-state index contributed by atoms with van der Waals surface area (Å²) in [5, 5.41) is 15.9. The van der Waals surface area contributed by atoms with Crippen LogP contribution in [0.15, 0.2) is 54.6 Å². The second kappa shape index (κ2) is 7.41. The van der Waals surface area contributed by atoms with E-state index in [-0.39, 0.29) is 12.5 Å². The van der Waals surface area contributed by atoms with E-state index in [2.05, 4.69) is 21.3 Å². The van der Waals surface area contributed by atoms with Crippen LogP contribution in [0.2, 0.25) is 0 Å². The van der Waals surface area contributed by atoms with Crippen molar-refractivity contribution >= 4 is 5.91 Å². The minimum absolute atomic E-state index is 0.0373. The fraction of sp³-hybridized carbons (Fsp3) is 0.158. The van der Waals surface area contributed by atoms with E-state index in [9.17, 15) is 4.79 Å². The number of nitrogens with zero attached hydrogens (tertiary/aromatic N) is 4. The van der Waals surface area contributed by atoms with Gasteiger partial charge in [-0.2, -0.15) is 10.4 Å². The van der Waals surface area contributed by atoms with Crippen LogP contribution >= 0.6 is 0 Å². The van der Waals surface area contributed by atoms with Crippen LogP contribution in [0, 0.1) is 18.3 Å². The molecule has 3 rings (SSSR count). The summed E-state index contributed by atoms with van der Waals surface area (Å²) in [6.07, 6.45) is 0. The molecule has 0 atom stereocenters. The molecule has 0 aliphatic rings. The van der Waals surface area contributed by atoms with Crippen molar-refractivity contribution in [2.45, 2.75) is 13.5 Å². The van der Waals surface area contributed by atoms with Crippen LogP contribution in [0.25, 0.3) is 11.4 Å². The minimum Gasteiger partial charge on any atom is -0.321 e. The first-order chi connectivity index (χ1) is 12.2. The van der Waals surface area contributed by atoms with E-state index in [1.54, 1.807) is 12.1 Å². The number of hydrogen-bond acceptors (Lipinski definition) is 4. The molecule has 1 aromatic heterocycles.